The van der Waals surface area contributed by atoms with Crippen LogP contribution >= 0.6 is 0 Å². The van der Waals surface area contributed by atoms with Crippen molar-refractivity contribution in [1.82, 2.24) is 0 Å². The van der Waals surface area contributed by atoms with E-state index in [-0.39, 0.29) is 0 Å². The summed E-state index contributed by atoms with van der Waals surface area (Å²) >= 11 is 0. The van der Waals surface area contributed by atoms with Crippen LogP contribution in [0.15, 0.2) is 205 Å². The summed E-state index contributed by atoms with van der Waals surface area (Å²) in [5.74, 6) is 0. The molecule has 2 aliphatic rings. The molecule has 10 aromatic carbocycles. The van der Waals surface area contributed by atoms with Crippen LogP contribution in [0, 0.1) is 0 Å². The van der Waals surface area contributed by atoms with Gasteiger partial charge in [-0.1, -0.05) is 164 Å². The molecule has 1 aromatic heterocycles. The van der Waals surface area contributed by atoms with E-state index in [4.69, 9.17) is 4.42 Å². The van der Waals surface area contributed by atoms with Gasteiger partial charge < -0.3 is 9.32 Å². The molecule has 2 nitrogen and oxygen atoms in total. The number of fused-ring (bicyclic) bond motifs is 20. The third-order valence-electron chi connectivity index (χ3n) is 12.8. The summed E-state index contributed by atoms with van der Waals surface area (Å²) in [4.78, 5) is 2.35. The van der Waals surface area contributed by atoms with Crippen LogP contribution in [0.25, 0.3) is 76.5 Å². The lowest BCUT2D eigenvalue weighted by Crippen LogP contribution is -2.26. The van der Waals surface area contributed by atoms with E-state index < -0.39 is 5.41 Å². The zero-order chi connectivity index (χ0) is 37.2. The van der Waals surface area contributed by atoms with Crippen molar-refractivity contribution in [3.8, 4) is 22.3 Å². The van der Waals surface area contributed by atoms with Crippen molar-refractivity contribution in [2.24, 2.45) is 0 Å². The van der Waals surface area contributed by atoms with E-state index in [9.17, 15) is 0 Å². The topological polar surface area (TPSA) is 16.4 Å². The minimum atomic E-state index is -0.512. The lowest BCUT2D eigenvalue weighted by Gasteiger charge is -2.33. The molecule has 0 amide bonds. The molecule has 0 bridgehead atoms. The van der Waals surface area contributed by atoms with E-state index in [0.29, 0.717) is 0 Å². The van der Waals surface area contributed by atoms with E-state index in [2.05, 4.69) is 199 Å². The van der Waals surface area contributed by atoms with Crippen LogP contribution in [-0.2, 0) is 5.41 Å². The number of anilines is 3. The van der Waals surface area contributed by atoms with Crippen molar-refractivity contribution in [2.45, 2.75) is 5.41 Å². The lowest BCUT2D eigenvalue weighted by molar-refractivity contribution is 0.669. The highest BCUT2D eigenvalue weighted by Gasteiger charge is 2.53. The SMILES string of the molecule is c1ccc(N(c2ccc3c4c(ccc3c2)-c2c(c3ccccc3c3ccccc23)C42c3ccccc3-c3ccccc32)c2cccc3c2oc2ccccc23)cc1. The van der Waals surface area contributed by atoms with Crippen molar-refractivity contribution in [3.63, 3.8) is 0 Å². The first-order valence-electron chi connectivity index (χ1n) is 19.8. The van der Waals surface area contributed by atoms with Gasteiger partial charge in [-0.15, -0.1) is 0 Å². The van der Waals surface area contributed by atoms with Crippen LogP contribution in [0.3, 0.4) is 0 Å². The highest BCUT2D eigenvalue weighted by atomic mass is 16.3. The minimum Gasteiger partial charge on any atom is -0.454 e. The summed E-state index contributed by atoms with van der Waals surface area (Å²) in [6.45, 7) is 0. The number of hydrogen-bond acceptors (Lipinski definition) is 2. The van der Waals surface area contributed by atoms with Crippen molar-refractivity contribution in [1.29, 1.82) is 0 Å². The maximum atomic E-state index is 6.65. The Labute approximate surface area is 329 Å². The Hall–Kier alpha value is -7.42. The number of furan rings is 1. The first kappa shape index (κ1) is 30.9. The highest BCUT2D eigenvalue weighted by Crippen LogP contribution is 2.66. The van der Waals surface area contributed by atoms with Gasteiger partial charge in [0.05, 0.1) is 11.1 Å². The van der Waals surface area contributed by atoms with Gasteiger partial charge in [0, 0.05) is 22.1 Å². The molecule has 0 saturated heterocycles. The third kappa shape index (κ3) is 3.94. The fourth-order valence-corrected chi connectivity index (χ4v) is 10.7. The van der Waals surface area contributed by atoms with Crippen LogP contribution in [0.2, 0.25) is 0 Å². The third-order valence-corrected chi connectivity index (χ3v) is 12.8. The predicted octanol–water partition coefficient (Wildman–Crippen LogP) is 14.9. The van der Waals surface area contributed by atoms with Crippen LogP contribution in [0.4, 0.5) is 17.1 Å². The van der Waals surface area contributed by atoms with Gasteiger partial charge in [0.1, 0.15) is 5.58 Å². The Morgan fingerprint density at radius 2 is 0.982 bits per heavy atom. The number of benzene rings is 10. The molecule has 13 rings (SSSR count). The zero-order valence-corrected chi connectivity index (χ0v) is 30.9. The Morgan fingerprint density at radius 1 is 0.368 bits per heavy atom. The molecule has 0 aliphatic heterocycles. The Morgan fingerprint density at radius 3 is 1.75 bits per heavy atom. The van der Waals surface area contributed by atoms with Gasteiger partial charge in [0.25, 0.3) is 0 Å². The fourth-order valence-electron chi connectivity index (χ4n) is 10.7. The number of nitrogens with zero attached hydrogens (tertiary/aromatic N) is 1. The van der Waals surface area contributed by atoms with Crippen molar-refractivity contribution >= 4 is 71.3 Å². The molecule has 0 saturated carbocycles. The van der Waals surface area contributed by atoms with Crippen LogP contribution in [0.1, 0.15) is 22.3 Å². The maximum absolute atomic E-state index is 6.65. The van der Waals surface area contributed by atoms with E-state index >= 15 is 0 Å². The Bertz CT molecular complexity index is 3440. The van der Waals surface area contributed by atoms with Crippen LogP contribution < -0.4 is 4.90 Å². The van der Waals surface area contributed by atoms with Gasteiger partial charge in [-0.25, -0.2) is 0 Å². The first-order valence-corrected chi connectivity index (χ1v) is 19.8. The molecule has 11 aromatic rings. The maximum Gasteiger partial charge on any atom is 0.159 e. The number of para-hydroxylation sites is 3. The van der Waals surface area contributed by atoms with Gasteiger partial charge in [-0.3, -0.25) is 0 Å². The zero-order valence-electron chi connectivity index (χ0n) is 30.9. The van der Waals surface area contributed by atoms with E-state index in [1.54, 1.807) is 0 Å². The molecule has 0 radical (unpaired) electrons. The minimum absolute atomic E-state index is 0.512. The molecule has 57 heavy (non-hydrogen) atoms. The molecular formula is C55H33NO. The predicted molar refractivity (Wildman–Crippen MR) is 237 cm³/mol. The average molecular weight is 724 g/mol. The van der Waals surface area contributed by atoms with Gasteiger partial charge >= 0.3 is 0 Å². The van der Waals surface area contributed by atoms with Gasteiger partial charge in [-0.2, -0.15) is 0 Å². The van der Waals surface area contributed by atoms with Gasteiger partial charge in [0.15, 0.2) is 5.58 Å². The monoisotopic (exact) mass is 723 g/mol. The summed E-state index contributed by atoms with van der Waals surface area (Å²) < 4.78 is 6.65. The standard InChI is InChI=1S/C55H33NO/c1-2-15-35(16-3-1)56(49-27-14-24-45-42-21-10-13-28-50(42)57-54(45)49)36-30-32-37-34(33-36)29-31-46-51-43-22-6-4-17-38(43)39-18-5-7-23-44(39)53(51)55(52(37)46)47-25-11-8-19-40(47)41-20-9-12-26-48(41)55/h1-33H. The van der Waals surface area contributed by atoms with Crippen LogP contribution in [-0.4, -0.2) is 0 Å². The lowest BCUT2D eigenvalue weighted by atomic mass is 9.68. The molecular weight excluding hydrogens is 691 g/mol. The molecule has 2 aliphatic carbocycles. The molecule has 1 heterocycles. The van der Waals surface area contributed by atoms with Crippen LogP contribution in [0.5, 0.6) is 0 Å². The molecule has 0 fully saturated rings. The first-order chi connectivity index (χ1) is 28.3. The molecule has 2 heteroatoms. The summed E-state index contributed by atoms with van der Waals surface area (Å²) in [6.07, 6.45) is 0. The average Bonchev–Trinajstić information content (AvgIpc) is 3.92. The molecule has 1 spiro atoms. The number of rotatable bonds is 3. The van der Waals surface area contributed by atoms with E-state index in [1.807, 2.05) is 6.07 Å². The van der Waals surface area contributed by atoms with E-state index in [0.717, 1.165) is 39.0 Å². The summed E-state index contributed by atoms with van der Waals surface area (Å²) in [7, 11) is 0. The second-order valence-electron chi connectivity index (χ2n) is 15.5. The molecule has 264 valence electrons. The Balaban J connectivity index is 1.14. The molecule has 0 N–H and O–H groups in total. The summed E-state index contributed by atoms with van der Waals surface area (Å²) in [5, 5.41) is 9.91. The number of hydrogen-bond donors (Lipinski definition) is 0. The summed E-state index contributed by atoms with van der Waals surface area (Å²) in [6, 6.07) is 73.7. The van der Waals surface area contributed by atoms with E-state index in [1.165, 1.54) is 76.8 Å². The molecule has 0 atom stereocenters. The smallest absolute Gasteiger partial charge is 0.159 e. The fraction of sp³-hybridized carbons (Fsp3) is 0.0182. The van der Waals surface area contributed by atoms with Gasteiger partial charge in [0.2, 0.25) is 0 Å². The van der Waals surface area contributed by atoms with Crippen molar-refractivity contribution in [3.05, 3.63) is 222 Å². The summed E-state index contributed by atoms with van der Waals surface area (Å²) in [5.41, 5.74) is 15.2. The van der Waals surface area contributed by atoms with Crippen molar-refractivity contribution in [2.75, 3.05) is 4.90 Å². The molecule has 0 unspecified atom stereocenters. The quantitative estimate of drug-likeness (QED) is 0.169. The Kier molecular flexibility index (Phi) is 6.13. The van der Waals surface area contributed by atoms with Gasteiger partial charge in [-0.05, 0) is 113 Å². The second kappa shape index (κ2) is 11.3. The second-order valence-corrected chi connectivity index (χ2v) is 15.5. The largest absolute Gasteiger partial charge is 0.454 e. The highest BCUT2D eigenvalue weighted by molar-refractivity contribution is 6.21. The van der Waals surface area contributed by atoms with Crippen molar-refractivity contribution < 1.29 is 4.42 Å². The normalized spacial score (nSPS) is 13.4.